The molecule has 1 aromatic heterocycles. The number of aryl methyl sites for hydroxylation is 1. The molecule has 2 N–H and O–H groups in total. The van der Waals surface area contributed by atoms with Crippen molar-refractivity contribution in [2.75, 3.05) is 18.4 Å². The Morgan fingerprint density at radius 2 is 1.67 bits per heavy atom. The van der Waals surface area contributed by atoms with Gasteiger partial charge in [0.05, 0.1) is 6.04 Å². The second-order valence-corrected chi connectivity index (χ2v) is 7.58. The van der Waals surface area contributed by atoms with Crippen molar-refractivity contribution >= 4 is 17.5 Å². The first kappa shape index (κ1) is 19.9. The molecular weight excluding hydrogens is 376 g/mol. The summed E-state index contributed by atoms with van der Waals surface area (Å²) < 4.78 is 2.07. The van der Waals surface area contributed by atoms with Crippen LogP contribution in [0.4, 0.5) is 5.69 Å². The Morgan fingerprint density at radius 3 is 2.40 bits per heavy atom. The summed E-state index contributed by atoms with van der Waals surface area (Å²) in [6.45, 7) is 2.08. The molecular formula is C24H26N4O2. The van der Waals surface area contributed by atoms with E-state index in [1.807, 2.05) is 37.5 Å². The fourth-order valence-corrected chi connectivity index (χ4v) is 4.00. The van der Waals surface area contributed by atoms with Crippen LogP contribution in [0.3, 0.4) is 0 Å². The zero-order chi connectivity index (χ0) is 20.9. The highest BCUT2D eigenvalue weighted by Gasteiger charge is 2.27. The molecule has 0 saturated carbocycles. The average Bonchev–Trinajstić information content (AvgIpc) is 3.20. The Kier molecular flexibility index (Phi) is 5.95. The summed E-state index contributed by atoms with van der Waals surface area (Å²) in [5.41, 5.74) is 4.41. The third-order valence-electron chi connectivity index (χ3n) is 5.62. The van der Waals surface area contributed by atoms with E-state index < -0.39 is 11.8 Å². The van der Waals surface area contributed by atoms with Crippen molar-refractivity contribution in [1.29, 1.82) is 0 Å². The molecule has 0 spiro atoms. The number of nitrogens with one attached hydrogen (secondary N) is 2. The van der Waals surface area contributed by atoms with Gasteiger partial charge < -0.3 is 15.2 Å². The van der Waals surface area contributed by atoms with Crippen LogP contribution < -0.4 is 10.6 Å². The Labute approximate surface area is 176 Å². The molecule has 1 atom stereocenters. The number of amides is 2. The molecule has 2 heterocycles. The molecule has 0 fully saturated rings. The number of hydrogen-bond acceptors (Lipinski definition) is 3. The molecule has 0 radical (unpaired) electrons. The summed E-state index contributed by atoms with van der Waals surface area (Å²) in [7, 11) is 2.00. The smallest absolute Gasteiger partial charge is 0.313 e. The van der Waals surface area contributed by atoms with E-state index in [1.54, 1.807) is 12.1 Å². The van der Waals surface area contributed by atoms with Gasteiger partial charge in [0.25, 0.3) is 0 Å². The SMILES string of the molecule is Cn1cccc1C(CNC(=O)C(=O)Nc1ccccc1)N1CCc2ccccc2C1. The predicted molar refractivity (Wildman–Crippen MR) is 117 cm³/mol. The lowest BCUT2D eigenvalue weighted by Gasteiger charge is -2.36. The molecule has 0 bridgehead atoms. The van der Waals surface area contributed by atoms with E-state index in [1.165, 1.54) is 11.1 Å². The first-order chi connectivity index (χ1) is 14.6. The molecule has 1 aliphatic heterocycles. The summed E-state index contributed by atoms with van der Waals surface area (Å²) in [5, 5.41) is 5.47. The lowest BCUT2D eigenvalue weighted by Crippen LogP contribution is -2.44. The minimum atomic E-state index is -0.657. The monoisotopic (exact) mass is 402 g/mol. The average molecular weight is 402 g/mol. The molecule has 1 unspecified atom stereocenters. The molecule has 3 aromatic rings. The minimum absolute atomic E-state index is 0.0215. The number of benzene rings is 2. The molecule has 2 aromatic carbocycles. The molecule has 0 saturated heterocycles. The molecule has 154 valence electrons. The third kappa shape index (κ3) is 4.44. The predicted octanol–water partition coefficient (Wildman–Crippen LogP) is 2.88. The van der Waals surface area contributed by atoms with Crippen LogP contribution in [0.25, 0.3) is 0 Å². The van der Waals surface area contributed by atoms with E-state index in [2.05, 4.69) is 50.4 Å². The zero-order valence-electron chi connectivity index (χ0n) is 17.0. The molecule has 6 nitrogen and oxygen atoms in total. The standard InChI is InChI=1S/C24H26N4O2/c1-27-14-7-12-21(27)22(28-15-13-18-8-5-6-9-19(18)17-28)16-25-23(29)24(30)26-20-10-3-2-4-11-20/h2-12,14,22H,13,15-17H2,1H3,(H,25,29)(H,26,30). The lowest BCUT2D eigenvalue weighted by atomic mass is 9.98. The number of nitrogens with zero attached hydrogens (tertiary/aromatic N) is 2. The molecule has 2 amide bonds. The number of fused-ring (bicyclic) bond motifs is 1. The van der Waals surface area contributed by atoms with Gasteiger partial charge in [-0.3, -0.25) is 14.5 Å². The van der Waals surface area contributed by atoms with Crippen molar-refractivity contribution in [2.24, 2.45) is 7.05 Å². The molecule has 6 heteroatoms. The topological polar surface area (TPSA) is 66.4 Å². The number of para-hydroxylation sites is 1. The van der Waals surface area contributed by atoms with E-state index in [0.717, 1.165) is 25.2 Å². The van der Waals surface area contributed by atoms with E-state index in [0.29, 0.717) is 12.2 Å². The number of hydrogen-bond donors (Lipinski definition) is 2. The maximum atomic E-state index is 12.4. The Bertz CT molecular complexity index is 1030. The van der Waals surface area contributed by atoms with Gasteiger partial charge in [-0.1, -0.05) is 42.5 Å². The van der Waals surface area contributed by atoms with Crippen LogP contribution in [-0.2, 0) is 29.6 Å². The van der Waals surface area contributed by atoms with Crippen molar-refractivity contribution in [3.8, 4) is 0 Å². The summed E-state index contributed by atoms with van der Waals surface area (Å²) >= 11 is 0. The maximum Gasteiger partial charge on any atom is 0.313 e. The van der Waals surface area contributed by atoms with Crippen molar-refractivity contribution in [1.82, 2.24) is 14.8 Å². The molecule has 1 aliphatic rings. The van der Waals surface area contributed by atoms with Crippen LogP contribution in [0, 0.1) is 0 Å². The first-order valence-electron chi connectivity index (χ1n) is 10.2. The fourth-order valence-electron chi connectivity index (χ4n) is 4.00. The van der Waals surface area contributed by atoms with Gasteiger partial charge in [0, 0.05) is 44.3 Å². The zero-order valence-corrected chi connectivity index (χ0v) is 17.0. The van der Waals surface area contributed by atoms with Crippen molar-refractivity contribution in [3.05, 3.63) is 89.7 Å². The van der Waals surface area contributed by atoms with E-state index in [-0.39, 0.29) is 6.04 Å². The van der Waals surface area contributed by atoms with E-state index >= 15 is 0 Å². The summed E-state index contributed by atoms with van der Waals surface area (Å²) in [5.74, 6) is -1.29. The Balaban J connectivity index is 1.45. The third-order valence-corrected chi connectivity index (χ3v) is 5.62. The van der Waals surface area contributed by atoms with Crippen molar-refractivity contribution < 1.29 is 9.59 Å². The molecule has 0 aliphatic carbocycles. The number of rotatable bonds is 5. The number of aromatic nitrogens is 1. The second-order valence-electron chi connectivity index (χ2n) is 7.58. The minimum Gasteiger partial charge on any atom is -0.353 e. The normalized spacial score (nSPS) is 14.6. The highest BCUT2D eigenvalue weighted by atomic mass is 16.2. The summed E-state index contributed by atoms with van der Waals surface area (Å²) in [6, 6.07) is 21.5. The quantitative estimate of drug-likeness (QED) is 0.645. The summed E-state index contributed by atoms with van der Waals surface area (Å²) in [4.78, 5) is 27.1. The molecule has 30 heavy (non-hydrogen) atoms. The Morgan fingerprint density at radius 1 is 0.933 bits per heavy atom. The molecule has 4 rings (SSSR count). The highest BCUT2D eigenvalue weighted by molar-refractivity contribution is 6.39. The van der Waals surface area contributed by atoms with Crippen LogP contribution in [0.15, 0.2) is 72.9 Å². The largest absolute Gasteiger partial charge is 0.353 e. The highest BCUT2D eigenvalue weighted by Crippen LogP contribution is 2.27. The lowest BCUT2D eigenvalue weighted by molar-refractivity contribution is -0.136. The maximum absolute atomic E-state index is 12.4. The van der Waals surface area contributed by atoms with E-state index in [9.17, 15) is 9.59 Å². The van der Waals surface area contributed by atoms with Crippen molar-refractivity contribution in [3.63, 3.8) is 0 Å². The van der Waals surface area contributed by atoms with Gasteiger partial charge in [-0.2, -0.15) is 0 Å². The summed E-state index contributed by atoms with van der Waals surface area (Å²) in [6.07, 6.45) is 2.98. The van der Waals surface area contributed by atoms with Gasteiger partial charge in [-0.15, -0.1) is 0 Å². The number of carbonyl (C=O) groups is 2. The van der Waals surface area contributed by atoms with Crippen molar-refractivity contribution in [2.45, 2.75) is 19.0 Å². The van der Waals surface area contributed by atoms with Crippen LogP contribution in [0.1, 0.15) is 22.9 Å². The number of anilines is 1. The Hall–Kier alpha value is -3.38. The van der Waals surface area contributed by atoms with Crippen LogP contribution in [-0.4, -0.2) is 34.4 Å². The van der Waals surface area contributed by atoms with Crippen LogP contribution in [0.2, 0.25) is 0 Å². The van der Waals surface area contributed by atoms with Gasteiger partial charge >= 0.3 is 11.8 Å². The van der Waals surface area contributed by atoms with Gasteiger partial charge in [0.1, 0.15) is 0 Å². The number of carbonyl (C=O) groups excluding carboxylic acids is 2. The van der Waals surface area contributed by atoms with Crippen LogP contribution >= 0.6 is 0 Å². The van der Waals surface area contributed by atoms with Crippen LogP contribution in [0.5, 0.6) is 0 Å². The van der Waals surface area contributed by atoms with Gasteiger partial charge in [0.15, 0.2) is 0 Å². The van der Waals surface area contributed by atoms with E-state index in [4.69, 9.17) is 0 Å². The van der Waals surface area contributed by atoms with Gasteiger partial charge in [-0.05, 0) is 41.8 Å². The fraction of sp³-hybridized carbons (Fsp3) is 0.250. The second kappa shape index (κ2) is 8.97. The van der Waals surface area contributed by atoms with Gasteiger partial charge in [0.2, 0.25) is 0 Å². The first-order valence-corrected chi connectivity index (χ1v) is 10.2. The van der Waals surface area contributed by atoms with Gasteiger partial charge in [-0.25, -0.2) is 0 Å².